The standard InChI is InChI=1S/C5H10N2.2ClH/c6-7-5-1-4(2-5)3-5;;/h4,7H,1-3,6H2;2*1H. The van der Waals surface area contributed by atoms with Crippen LogP contribution in [0, 0.1) is 5.92 Å². The molecule has 0 aromatic carbocycles. The van der Waals surface area contributed by atoms with E-state index in [1.54, 1.807) is 0 Å². The predicted octanol–water partition coefficient (Wildman–Crippen LogP) is 0.846. The molecule has 3 rings (SSSR count). The Labute approximate surface area is 67.4 Å². The van der Waals surface area contributed by atoms with Gasteiger partial charge in [0.25, 0.3) is 0 Å². The van der Waals surface area contributed by atoms with Gasteiger partial charge in [-0.2, -0.15) is 0 Å². The highest BCUT2D eigenvalue weighted by Gasteiger charge is 2.55. The zero-order chi connectivity index (χ0) is 4.91. The van der Waals surface area contributed by atoms with Crippen molar-refractivity contribution in [3.63, 3.8) is 0 Å². The van der Waals surface area contributed by atoms with Crippen LogP contribution in [0.2, 0.25) is 0 Å². The average Bonchev–Trinajstić information content (AvgIpc) is 1.25. The van der Waals surface area contributed by atoms with Gasteiger partial charge in [0.2, 0.25) is 0 Å². The first kappa shape index (κ1) is 9.50. The van der Waals surface area contributed by atoms with Crippen molar-refractivity contribution >= 4 is 24.8 Å². The van der Waals surface area contributed by atoms with Crippen molar-refractivity contribution in [3.8, 4) is 0 Å². The summed E-state index contributed by atoms with van der Waals surface area (Å²) in [5.41, 5.74) is 3.28. The van der Waals surface area contributed by atoms with Gasteiger partial charge in [-0.15, -0.1) is 24.8 Å². The first-order valence-electron chi connectivity index (χ1n) is 2.82. The monoisotopic (exact) mass is 170 g/mol. The highest BCUT2D eigenvalue weighted by molar-refractivity contribution is 5.85. The van der Waals surface area contributed by atoms with Gasteiger partial charge in [0.1, 0.15) is 0 Å². The molecule has 0 heterocycles. The van der Waals surface area contributed by atoms with E-state index in [9.17, 15) is 0 Å². The lowest BCUT2D eigenvalue weighted by Crippen LogP contribution is -2.68. The Morgan fingerprint density at radius 2 is 1.67 bits per heavy atom. The first-order valence-corrected chi connectivity index (χ1v) is 2.82. The number of nitrogens with one attached hydrogen (secondary N) is 1. The van der Waals surface area contributed by atoms with Gasteiger partial charge >= 0.3 is 0 Å². The maximum atomic E-state index is 5.26. The topological polar surface area (TPSA) is 38.0 Å². The lowest BCUT2D eigenvalue weighted by molar-refractivity contribution is -0.0505. The molecule has 0 saturated heterocycles. The summed E-state index contributed by atoms with van der Waals surface area (Å²) < 4.78 is 0. The Balaban J connectivity index is 0.000000320. The number of hydrogen-bond donors (Lipinski definition) is 2. The summed E-state index contributed by atoms with van der Waals surface area (Å²) in [5.74, 6) is 6.29. The Kier molecular flexibility index (Phi) is 2.77. The van der Waals surface area contributed by atoms with Crippen LogP contribution in [0.25, 0.3) is 0 Å². The summed E-state index contributed by atoms with van der Waals surface area (Å²) in [6, 6.07) is 0. The Bertz CT molecular complexity index is 84.1. The van der Waals surface area contributed by atoms with E-state index in [-0.39, 0.29) is 24.8 Å². The van der Waals surface area contributed by atoms with Crippen LogP contribution in [-0.2, 0) is 0 Å². The number of nitrogens with two attached hydrogens (primary N) is 1. The minimum absolute atomic E-state index is 0. The Morgan fingerprint density at radius 1 is 1.22 bits per heavy atom. The van der Waals surface area contributed by atoms with E-state index in [4.69, 9.17) is 5.84 Å². The van der Waals surface area contributed by atoms with Crippen molar-refractivity contribution in [1.29, 1.82) is 0 Å². The third kappa shape index (κ3) is 1.05. The third-order valence-electron chi connectivity index (χ3n) is 2.34. The first-order chi connectivity index (χ1) is 3.35. The molecule has 2 bridgehead atoms. The molecule has 0 radical (unpaired) electrons. The summed E-state index contributed by atoms with van der Waals surface area (Å²) >= 11 is 0. The second-order valence-corrected chi connectivity index (χ2v) is 2.90. The molecule has 3 fully saturated rings. The molecular weight excluding hydrogens is 159 g/mol. The zero-order valence-corrected chi connectivity index (χ0v) is 6.73. The summed E-state index contributed by atoms with van der Waals surface area (Å²) in [4.78, 5) is 0. The fourth-order valence-electron chi connectivity index (χ4n) is 1.66. The number of halogens is 2. The lowest BCUT2D eigenvalue weighted by atomic mass is 9.50. The largest absolute Gasteiger partial charge is 0.271 e. The van der Waals surface area contributed by atoms with Crippen LogP contribution < -0.4 is 11.3 Å². The van der Waals surface area contributed by atoms with Gasteiger partial charge < -0.3 is 0 Å². The molecule has 9 heavy (non-hydrogen) atoms. The van der Waals surface area contributed by atoms with E-state index in [0.717, 1.165) is 5.92 Å². The Morgan fingerprint density at radius 3 is 1.67 bits per heavy atom. The van der Waals surface area contributed by atoms with Gasteiger partial charge in [-0.05, 0) is 25.2 Å². The molecule has 3 N–H and O–H groups in total. The highest BCUT2D eigenvalue weighted by Crippen LogP contribution is 2.56. The minimum atomic E-state index is 0. The summed E-state index contributed by atoms with van der Waals surface area (Å²) in [5, 5.41) is 0. The quantitative estimate of drug-likeness (QED) is 0.453. The van der Waals surface area contributed by atoms with Crippen molar-refractivity contribution in [1.82, 2.24) is 5.43 Å². The average molecular weight is 171 g/mol. The van der Waals surface area contributed by atoms with E-state index in [1.807, 2.05) is 0 Å². The fraction of sp³-hybridized carbons (Fsp3) is 1.00. The molecule has 0 spiro atoms. The highest BCUT2D eigenvalue weighted by atomic mass is 35.5. The van der Waals surface area contributed by atoms with Gasteiger partial charge in [-0.25, -0.2) is 0 Å². The van der Waals surface area contributed by atoms with E-state index in [0.29, 0.717) is 5.54 Å². The second-order valence-electron chi connectivity index (χ2n) is 2.90. The molecule has 0 unspecified atom stereocenters. The maximum absolute atomic E-state index is 5.26. The van der Waals surface area contributed by atoms with Crippen LogP contribution in [0.15, 0.2) is 0 Å². The van der Waals surface area contributed by atoms with Gasteiger partial charge in [0.05, 0.1) is 0 Å². The van der Waals surface area contributed by atoms with Crippen LogP contribution in [0.3, 0.4) is 0 Å². The summed E-state index contributed by atoms with van der Waals surface area (Å²) in [7, 11) is 0. The minimum Gasteiger partial charge on any atom is -0.271 e. The molecule has 0 atom stereocenters. The van der Waals surface area contributed by atoms with Gasteiger partial charge in [-0.1, -0.05) is 0 Å². The molecule has 56 valence electrons. The molecule has 0 aliphatic heterocycles. The predicted molar refractivity (Wildman–Crippen MR) is 41.9 cm³/mol. The zero-order valence-electron chi connectivity index (χ0n) is 5.09. The molecule has 0 aromatic rings. The van der Waals surface area contributed by atoms with E-state index in [1.165, 1.54) is 19.3 Å². The van der Waals surface area contributed by atoms with Crippen LogP contribution in [-0.4, -0.2) is 5.54 Å². The van der Waals surface area contributed by atoms with Crippen molar-refractivity contribution in [3.05, 3.63) is 0 Å². The van der Waals surface area contributed by atoms with Crippen molar-refractivity contribution < 1.29 is 0 Å². The third-order valence-corrected chi connectivity index (χ3v) is 2.34. The van der Waals surface area contributed by atoms with Gasteiger partial charge in [0.15, 0.2) is 0 Å². The van der Waals surface area contributed by atoms with E-state index < -0.39 is 0 Å². The van der Waals surface area contributed by atoms with Crippen LogP contribution in [0.1, 0.15) is 19.3 Å². The molecule has 0 aromatic heterocycles. The van der Waals surface area contributed by atoms with Gasteiger partial charge in [-0.3, -0.25) is 11.3 Å². The maximum Gasteiger partial charge on any atom is 0.0329 e. The summed E-state index contributed by atoms with van der Waals surface area (Å²) in [6.07, 6.45) is 4.01. The van der Waals surface area contributed by atoms with E-state index in [2.05, 4.69) is 5.43 Å². The molecule has 2 nitrogen and oxygen atoms in total. The smallest absolute Gasteiger partial charge is 0.0329 e. The van der Waals surface area contributed by atoms with Crippen molar-refractivity contribution in [2.45, 2.75) is 24.8 Å². The molecular formula is C5H12Cl2N2. The summed E-state index contributed by atoms with van der Waals surface area (Å²) in [6.45, 7) is 0. The van der Waals surface area contributed by atoms with Crippen LogP contribution >= 0.6 is 24.8 Å². The molecule has 3 aliphatic carbocycles. The van der Waals surface area contributed by atoms with Crippen molar-refractivity contribution in [2.75, 3.05) is 0 Å². The van der Waals surface area contributed by atoms with Crippen molar-refractivity contribution in [2.24, 2.45) is 11.8 Å². The molecule has 0 amide bonds. The lowest BCUT2D eigenvalue weighted by Gasteiger charge is -2.61. The number of hydrazine groups is 1. The van der Waals surface area contributed by atoms with E-state index >= 15 is 0 Å². The Hall–Kier alpha value is 0.500. The van der Waals surface area contributed by atoms with Crippen LogP contribution in [0.5, 0.6) is 0 Å². The van der Waals surface area contributed by atoms with Gasteiger partial charge in [0, 0.05) is 5.54 Å². The van der Waals surface area contributed by atoms with Crippen LogP contribution in [0.4, 0.5) is 0 Å². The SMILES string of the molecule is Cl.Cl.NNC12CC(C1)C2. The number of hydrogen-bond acceptors (Lipinski definition) is 2. The molecule has 3 aliphatic rings. The second kappa shape index (κ2) is 2.62. The fourth-order valence-corrected chi connectivity index (χ4v) is 1.66. The number of rotatable bonds is 1. The normalized spacial score (nSPS) is 43.0. The molecule has 4 heteroatoms. The molecule has 3 saturated carbocycles.